The minimum absolute atomic E-state index is 0.0809. The van der Waals surface area contributed by atoms with Crippen molar-refractivity contribution in [2.45, 2.75) is 63.5 Å². The van der Waals surface area contributed by atoms with E-state index in [0.717, 1.165) is 29.7 Å². The molecule has 1 amide bonds. The largest absolute Gasteiger partial charge is 0.378 e. The summed E-state index contributed by atoms with van der Waals surface area (Å²) in [4.78, 5) is 31.4. The van der Waals surface area contributed by atoms with Gasteiger partial charge in [0.05, 0.1) is 17.6 Å². The Morgan fingerprint density at radius 1 is 1.14 bits per heavy atom. The smallest absolute Gasteiger partial charge is 0.257 e. The maximum absolute atomic E-state index is 13.4. The number of nitrogens with zero attached hydrogens (tertiary/aromatic N) is 2. The number of hydrogen-bond acceptors (Lipinski definition) is 5. The van der Waals surface area contributed by atoms with E-state index in [4.69, 9.17) is 9.72 Å². The number of benzene rings is 2. The van der Waals surface area contributed by atoms with E-state index in [1.165, 1.54) is 17.3 Å². The van der Waals surface area contributed by atoms with E-state index >= 15 is 0 Å². The maximum atomic E-state index is 13.4. The van der Waals surface area contributed by atoms with Crippen molar-refractivity contribution in [3.05, 3.63) is 86.8 Å². The van der Waals surface area contributed by atoms with E-state index < -0.39 is 0 Å². The molecule has 3 aromatic rings. The van der Waals surface area contributed by atoms with Crippen molar-refractivity contribution in [2.24, 2.45) is 7.05 Å². The van der Waals surface area contributed by atoms with Crippen LogP contribution in [-0.2, 0) is 29.6 Å². The van der Waals surface area contributed by atoms with E-state index in [9.17, 15) is 9.59 Å². The zero-order valence-electron chi connectivity index (χ0n) is 21.3. The monoisotopic (exact) mass is 493 g/mol. The van der Waals surface area contributed by atoms with E-state index in [-0.39, 0.29) is 23.3 Å². The molecule has 0 saturated carbocycles. The Kier molecular flexibility index (Phi) is 9.69. The van der Waals surface area contributed by atoms with Gasteiger partial charge in [0.25, 0.3) is 5.56 Å². The molecule has 0 aliphatic rings. The molecule has 3 rings (SSSR count). The highest BCUT2D eigenvalue weighted by molar-refractivity contribution is 8.00. The van der Waals surface area contributed by atoms with Gasteiger partial charge in [0.1, 0.15) is 0 Å². The number of aromatic nitrogens is 2. The van der Waals surface area contributed by atoms with Gasteiger partial charge in [-0.05, 0) is 49.1 Å². The second-order valence-corrected chi connectivity index (χ2v) is 9.99. The average Bonchev–Trinajstić information content (AvgIpc) is 2.85. The van der Waals surface area contributed by atoms with E-state index in [0.29, 0.717) is 29.3 Å². The molecule has 35 heavy (non-hydrogen) atoms. The van der Waals surface area contributed by atoms with Crippen molar-refractivity contribution in [1.82, 2.24) is 9.55 Å². The molecule has 186 valence electrons. The summed E-state index contributed by atoms with van der Waals surface area (Å²) < 4.78 is 6.93. The summed E-state index contributed by atoms with van der Waals surface area (Å²) in [5, 5.41) is 3.21. The number of anilines is 1. The van der Waals surface area contributed by atoms with Gasteiger partial charge >= 0.3 is 0 Å². The molecule has 6 nitrogen and oxygen atoms in total. The molecule has 0 aliphatic heterocycles. The molecule has 0 aliphatic carbocycles. The van der Waals surface area contributed by atoms with Crippen LogP contribution in [0.1, 0.15) is 54.1 Å². The SMILES string of the molecule is CCCCC(Sc1nc(COC)c(Cc2ccccc2)c(=O)n1C)C(=O)Nc1ccc(C)c(C)c1. The Morgan fingerprint density at radius 3 is 2.54 bits per heavy atom. The molecule has 1 heterocycles. The number of methoxy groups -OCH3 is 1. The lowest BCUT2D eigenvalue weighted by atomic mass is 10.0. The van der Waals surface area contributed by atoms with Gasteiger partial charge in [0, 0.05) is 31.8 Å². The number of ether oxygens (including phenoxy) is 1. The van der Waals surface area contributed by atoms with Gasteiger partial charge in [-0.25, -0.2) is 4.98 Å². The molecule has 1 unspecified atom stereocenters. The Hall–Kier alpha value is -2.90. The minimum Gasteiger partial charge on any atom is -0.378 e. The molecule has 0 fully saturated rings. The predicted molar refractivity (Wildman–Crippen MR) is 143 cm³/mol. The fourth-order valence-electron chi connectivity index (χ4n) is 3.81. The van der Waals surface area contributed by atoms with Crippen LogP contribution in [0, 0.1) is 13.8 Å². The summed E-state index contributed by atoms with van der Waals surface area (Å²) in [5.74, 6) is -0.0809. The Bertz CT molecular complexity index is 1210. The van der Waals surface area contributed by atoms with Crippen molar-refractivity contribution in [3.8, 4) is 0 Å². The molecular weight excluding hydrogens is 458 g/mol. The molecule has 1 aromatic heterocycles. The highest BCUT2D eigenvalue weighted by atomic mass is 32.2. The van der Waals surface area contributed by atoms with Gasteiger partial charge < -0.3 is 10.1 Å². The summed E-state index contributed by atoms with van der Waals surface area (Å²) in [6, 6.07) is 15.8. The molecular formula is C28H35N3O3S. The number of unbranched alkanes of at least 4 members (excludes halogenated alkanes) is 1. The maximum Gasteiger partial charge on any atom is 0.257 e. The third-order valence-electron chi connectivity index (χ3n) is 6.07. The number of amides is 1. The molecule has 2 aromatic carbocycles. The molecule has 0 saturated heterocycles. The van der Waals surface area contributed by atoms with Crippen molar-refractivity contribution in [2.75, 3.05) is 12.4 Å². The summed E-state index contributed by atoms with van der Waals surface area (Å²) in [6.07, 6.45) is 3.06. The molecule has 0 bridgehead atoms. The van der Waals surface area contributed by atoms with Gasteiger partial charge in [0.15, 0.2) is 5.16 Å². The third-order valence-corrected chi connectivity index (χ3v) is 7.38. The van der Waals surface area contributed by atoms with Gasteiger partial charge in [-0.15, -0.1) is 0 Å². The topological polar surface area (TPSA) is 73.2 Å². The Balaban J connectivity index is 1.90. The Labute approximate surface area is 212 Å². The first-order valence-electron chi connectivity index (χ1n) is 12.0. The van der Waals surface area contributed by atoms with Crippen LogP contribution in [0.25, 0.3) is 0 Å². The zero-order valence-corrected chi connectivity index (χ0v) is 22.1. The van der Waals surface area contributed by atoms with Crippen LogP contribution in [0.15, 0.2) is 58.5 Å². The van der Waals surface area contributed by atoms with Crippen LogP contribution in [0.2, 0.25) is 0 Å². The minimum atomic E-state index is -0.370. The molecule has 0 spiro atoms. The second kappa shape index (κ2) is 12.7. The van der Waals surface area contributed by atoms with Crippen LogP contribution < -0.4 is 10.9 Å². The lowest BCUT2D eigenvalue weighted by Crippen LogP contribution is -2.30. The van der Waals surface area contributed by atoms with Crippen molar-refractivity contribution in [1.29, 1.82) is 0 Å². The predicted octanol–water partition coefficient (Wildman–Crippen LogP) is 5.42. The summed E-state index contributed by atoms with van der Waals surface area (Å²) in [6.45, 7) is 6.42. The van der Waals surface area contributed by atoms with Gasteiger partial charge in [0.2, 0.25) is 5.91 Å². The van der Waals surface area contributed by atoms with Crippen LogP contribution in [-0.4, -0.2) is 27.8 Å². The lowest BCUT2D eigenvalue weighted by molar-refractivity contribution is -0.115. The first-order valence-corrected chi connectivity index (χ1v) is 12.9. The normalized spacial score (nSPS) is 11.9. The number of thioether (sulfide) groups is 1. The van der Waals surface area contributed by atoms with Crippen LogP contribution in [0.3, 0.4) is 0 Å². The average molecular weight is 494 g/mol. The van der Waals surface area contributed by atoms with Crippen LogP contribution in [0.5, 0.6) is 0 Å². The standard InChI is InChI=1S/C28H35N3O3S/c1-6-7-13-25(26(32)29-22-15-14-19(2)20(3)16-22)35-28-30-24(18-34-5)23(27(33)31(28)4)17-21-11-9-8-10-12-21/h8-12,14-16,25H,6-7,13,17-18H2,1-5H3,(H,29,32). The number of rotatable bonds is 11. The van der Waals surface area contributed by atoms with Crippen molar-refractivity contribution < 1.29 is 9.53 Å². The molecule has 1 N–H and O–H groups in total. The molecule has 7 heteroatoms. The van der Waals surface area contributed by atoms with E-state index in [1.807, 2.05) is 62.4 Å². The summed E-state index contributed by atoms with van der Waals surface area (Å²) in [7, 11) is 3.32. The lowest BCUT2D eigenvalue weighted by Gasteiger charge is -2.19. The number of hydrogen-bond donors (Lipinski definition) is 1. The second-order valence-electron chi connectivity index (χ2n) is 8.82. The van der Waals surface area contributed by atoms with Crippen molar-refractivity contribution in [3.63, 3.8) is 0 Å². The third kappa shape index (κ3) is 7.05. The number of aryl methyl sites for hydroxylation is 2. The molecule has 0 radical (unpaired) electrons. The van der Waals surface area contributed by atoms with Gasteiger partial charge in [-0.2, -0.15) is 0 Å². The molecule has 1 atom stereocenters. The van der Waals surface area contributed by atoms with E-state index in [2.05, 4.69) is 12.2 Å². The number of carbonyl (C=O) groups excluding carboxylic acids is 1. The van der Waals surface area contributed by atoms with Crippen molar-refractivity contribution >= 4 is 23.4 Å². The van der Waals surface area contributed by atoms with Crippen LogP contribution >= 0.6 is 11.8 Å². The fourth-order valence-corrected chi connectivity index (χ4v) is 4.92. The number of nitrogens with one attached hydrogen (secondary N) is 1. The van der Waals surface area contributed by atoms with Gasteiger partial charge in [-0.3, -0.25) is 14.2 Å². The van der Waals surface area contributed by atoms with E-state index in [1.54, 1.807) is 18.7 Å². The first-order chi connectivity index (χ1) is 16.8. The fraction of sp³-hybridized carbons (Fsp3) is 0.393. The first kappa shape index (κ1) is 26.7. The highest BCUT2D eigenvalue weighted by Gasteiger charge is 2.24. The quantitative estimate of drug-likeness (QED) is 0.285. The summed E-state index contributed by atoms with van der Waals surface area (Å²) in [5.41, 5.74) is 5.25. The Morgan fingerprint density at radius 2 is 1.89 bits per heavy atom. The number of carbonyl (C=O) groups is 1. The zero-order chi connectivity index (χ0) is 25.4. The van der Waals surface area contributed by atoms with Gasteiger partial charge in [-0.1, -0.05) is 67.9 Å². The van der Waals surface area contributed by atoms with Crippen LogP contribution in [0.4, 0.5) is 5.69 Å². The highest BCUT2D eigenvalue weighted by Crippen LogP contribution is 2.27. The summed E-state index contributed by atoms with van der Waals surface area (Å²) >= 11 is 1.34.